The van der Waals surface area contributed by atoms with Gasteiger partial charge in [-0.15, -0.1) is 0 Å². The Bertz CT molecular complexity index is 84.9. The van der Waals surface area contributed by atoms with Crippen LogP contribution in [0.1, 0.15) is 6.92 Å². The summed E-state index contributed by atoms with van der Waals surface area (Å²) in [5.74, 6) is 4.82. The molecule has 3 nitrogen and oxygen atoms in total. The van der Waals surface area contributed by atoms with E-state index in [9.17, 15) is 0 Å². The molecule has 0 unspecified atom stereocenters. The SMILES string of the molecule is C=C/C(C)=N\NN. The minimum Gasteiger partial charge on any atom is -0.245 e. The number of hydrogen-bond donors (Lipinski definition) is 2. The highest BCUT2D eigenvalue weighted by Crippen LogP contribution is 1.69. The van der Waals surface area contributed by atoms with Crippen LogP contribution in [-0.4, -0.2) is 5.71 Å². The van der Waals surface area contributed by atoms with Crippen molar-refractivity contribution in [1.82, 2.24) is 5.53 Å². The zero-order chi connectivity index (χ0) is 5.70. The summed E-state index contributed by atoms with van der Waals surface area (Å²) in [6.07, 6.45) is 1.61. The summed E-state index contributed by atoms with van der Waals surface area (Å²) in [5, 5.41) is 3.57. The number of nitrogens with two attached hydrogens (primary N) is 1. The summed E-state index contributed by atoms with van der Waals surface area (Å²) in [4.78, 5) is 0. The summed E-state index contributed by atoms with van der Waals surface area (Å²) >= 11 is 0. The quantitative estimate of drug-likeness (QED) is 0.291. The van der Waals surface area contributed by atoms with Crippen molar-refractivity contribution >= 4 is 5.71 Å². The van der Waals surface area contributed by atoms with Gasteiger partial charge in [-0.2, -0.15) is 5.10 Å². The zero-order valence-corrected chi connectivity index (χ0v) is 4.31. The second-order valence-electron chi connectivity index (χ2n) is 1.09. The van der Waals surface area contributed by atoms with E-state index in [1.165, 1.54) is 0 Å². The number of nitrogens with one attached hydrogen (secondary N) is 1. The van der Waals surface area contributed by atoms with E-state index in [-0.39, 0.29) is 0 Å². The van der Waals surface area contributed by atoms with Gasteiger partial charge in [-0.05, 0) is 13.0 Å². The Balaban J connectivity index is 3.49. The van der Waals surface area contributed by atoms with Crippen LogP contribution < -0.4 is 11.4 Å². The number of nitrogens with zero attached hydrogens (tertiary/aromatic N) is 1. The second kappa shape index (κ2) is 3.36. The van der Waals surface area contributed by atoms with E-state index < -0.39 is 0 Å². The smallest absolute Gasteiger partial charge is 0.0581 e. The molecule has 0 saturated heterocycles. The van der Waals surface area contributed by atoms with Crippen LogP contribution in [0.15, 0.2) is 17.8 Å². The number of rotatable bonds is 2. The number of allylic oxidation sites excluding steroid dienone is 1. The minimum absolute atomic E-state index is 0.780. The molecule has 0 rings (SSSR count). The largest absolute Gasteiger partial charge is 0.245 e. The lowest BCUT2D eigenvalue weighted by Gasteiger charge is -1.86. The normalized spacial score (nSPS) is 10.9. The molecule has 7 heavy (non-hydrogen) atoms. The van der Waals surface area contributed by atoms with Gasteiger partial charge in [0.15, 0.2) is 0 Å². The summed E-state index contributed by atoms with van der Waals surface area (Å²) in [5.41, 5.74) is 2.92. The first-order valence-electron chi connectivity index (χ1n) is 1.93. The van der Waals surface area contributed by atoms with Crippen LogP contribution >= 0.6 is 0 Å². The molecule has 40 valence electrons. The van der Waals surface area contributed by atoms with E-state index in [1.54, 1.807) is 13.0 Å². The zero-order valence-electron chi connectivity index (χ0n) is 4.31. The van der Waals surface area contributed by atoms with E-state index in [1.807, 2.05) is 0 Å². The first-order valence-corrected chi connectivity index (χ1v) is 1.93. The highest BCUT2D eigenvalue weighted by Gasteiger charge is 1.72. The highest BCUT2D eigenvalue weighted by molar-refractivity contribution is 5.91. The van der Waals surface area contributed by atoms with Gasteiger partial charge in [-0.1, -0.05) is 6.58 Å². The maximum absolute atomic E-state index is 4.82. The average molecular weight is 99.1 g/mol. The molecule has 0 aliphatic heterocycles. The Labute approximate surface area is 42.9 Å². The van der Waals surface area contributed by atoms with Crippen LogP contribution in [-0.2, 0) is 0 Å². The molecule has 0 amide bonds. The van der Waals surface area contributed by atoms with Gasteiger partial charge in [0.05, 0.1) is 5.71 Å². The molecular weight excluding hydrogens is 90.1 g/mol. The molecule has 3 N–H and O–H groups in total. The van der Waals surface area contributed by atoms with Crippen molar-refractivity contribution in [3.05, 3.63) is 12.7 Å². The molecule has 3 heteroatoms. The number of hydrogen-bond acceptors (Lipinski definition) is 3. The van der Waals surface area contributed by atoms with Gasteiger partial charge in [0.1, 0.15) is 0 Å². The second-order valence-corrected chi connectivity index (χ2v) is 1.09. The predicted molar refractivity (Wildman–Crippen MR) is 30.6 cm³/mol. The lowest BCUT2D eigenvalue weighted by atomic mass is 10.4. The van der Waals surface area contributed by atoms with Crippen LogP contribution in [0.25, 0.3) is 0 Å². The average Bonchev–Trinajstić information content (AvgIpc) is 1.68. The van der Waals surface area contributed by atoms with E-state index in [0.717, 1.165) is 5.71 Å². The Kier molecular flexibility index (Phi) is 2.96. The first-order chi connectivity index (χ1) is 3.31. The molecule has 0 atom stereocenters. The van der Waals surface area contributed by atoms with E-state index in [4.69, 9.17) is 5.84 Å². The summed E-state index contributed by atoms with van der Waals surface area (Å²) in [6, 6.07) is 0. The molecule has 0 radical (unpaired) electrons. The van der Waals surface area contributed by atoms with Crippen LogP contribution in [0.2, 0.25) is 0 Å². The van der Waals surface area contributed by atoms with Crippen LogP contribution in [0.4, 0.5) is 0 Å². The monoisotopic (exact) mass is 99.1 g/mol. The van der Waals surface area contributed by atoms with Crippen molar-refractivity contribution in [3.8, 4) is 0 Å². The van der Waals surface area contributed by atoms with Crippen molar-refractivity contribution < 1.29 is 0 Å². The maximum Gasteiger partial charge on any atom is 0.0581 e. The summed E-state index contributed by atoms with van der Waals surface area (Å²) in [6.45, 7) is 5.25. The van der Waals surface area contributed by atoms with Crippen molar-refractivity contribution in [3.63, 3.8) is 0 Å². The van der Waals surface area contributed by atoms with Gasteiger partial charge in [0.2, 0.25) is 0 Å². The van der Waals surface area contributed by atoms with E-state index in [2.05, 4.69) is 17.2 Å². The molecular formula is C4H9N3. The lowest BCUT2D eigenvalue weighted by molar-refractivity contribution is 0.806. The maximum atomic E-state index is 4.82. The number of hydrazine groups is 1. The molecule has 0 fully saturated rings. The Hall–Kier alpha value is -0.830. The van der Waals surface area contributed by atoms with Gasteiger partial charge in [-0.25, -0.2) is 11.4 Å². The van der Waals surface area contributed by atoms with E-state index >= 15 is 0 Å². The van der Waals surface area contributed by atoms with Crippen LogP contribution in [0.5, 0.6) is 0 Å². The third-order valence-corrected chi connectivity index (χ3v) is 0.536. The fourth-order valence-corrected chi connectivity index (χ4v) is 0.147. The van der Waals surface area contributed by atoms with Gasteiger partial charge in [-0.3, -0.25) is 0 Å². The van der Waals surface area contributed by atoms with Crippen molar-refractivity contribution in [2.45, 2.75) is 6.92 Å². The van der Waals surface area contributed by atoms with Crippen molar-refractivity contribution in [2.24, 2.45) is 10.9 Å². The lowest BCUT2D eigenvalue weighted by Crippen LogP contribution is -2.15. The van der Waals surface area contributed by atoms with E-state index in [0.29, 0.717) is 0 Å². The third kappa shape index (κ3) is 2.99. The molecule has 0 bridgehead atoms. The van der Waals surface area contributed by atoms with Crippen LogP contribution in [0, 0.1) is 0 Å². The van der Waals surface area contributed by atoms with Gasteiger partial charge >= 0.3 is 0 Å². The molecule has 0 aromatic heterocycles. The van der Waals surface area contributed by atoms with Gasteiger partial charge in [0, 0.05) is 0 Å². The first kappa shape index (κ1) is 6.17. The Morgan fingerprint density at radius 3 is 2.71 bits per heavy atom. The molecule has 0 heterocycles. The Morgan fingerprint density at radius 2 is 2.57 bits per heavy atom. The minimum atomic E-state index is 0.780. The summed E-state index contributed by atoms with van der Waals surface area (Å²) < 4.78 is 0. The topological polar surface area (TPSA) is 50.4 Å². The van der Waals surface area contributed by atoms with Crippen molar-refractivity contribution in [2.75, 3.05) is 0 Å². The molecule has 0 aromatic rings. The van der Waals surface area contributed by atoms with Crippen LogP contribution in [0.3, 0.4) is 0 Å². The molecule has 0 aliphatic carbocycles. The predicted octanol–water partition coefficient (Wildman–Crippen LogP) is 0.0116. The Morgan fingerprint density at radius 1 is 2.00 bits per heavy atom. The molecule has 0 aliphatic rings. The standard InChI is InChI=1S/C4H9N3/c1-3-4(2)6-7-5/h3,7H,1,5H2,2H3/b6-4-. The van der Waals surface area contributed by atoms with Gasteiger partial charge < -0.3 is 0 Å². The number of hydrazone groups is 1. The molecule has 0 spiro atoms. The fourth-order valence-electron chi connectivity index (χ4n) is 0.147. The highest BCUT2D eigenvalue weighted by atomic mass is 15.5. The molecule has 0 saturated carbocycles. The summed E-state index contributed by atoms with van der Waals surface area (Å²) in [7, 11) is 0. The van der Waals surface area contributed by atoms with Gasteiger partial charge in [0.25, 0.3) is 0 Å². The third-order valence-electron chi connectivity index (χ3n) is 0.536. The molecule has 0 aromatic carbocycles. The van der Waals surface area contributed by atoms with Crippen molar-refractivity contribution in [1.29, 1.82) is 0 Å². The fraction of sp³-hybridized carbons (Fsp3) is 0.250.